The molecule has 2 aliphatic heterocycles. The quantitative estimate of drug-likeness (QED) is 0.397. The lowest BCUT2D eigenvalue weighted by atomic mass is 9.85. The summed E-state index contributed by atoms with van der Waals surface area (Å²) in [6, 6.07) is 19.3. The molecule has 2 saturated heterocycles. The van der Waals surface area contributed by atoms with Gasteiger partial charge in [0.25, 0.3) is 0 Å². The predicted molar refractivity (Wildman–Crippen MR) is 136 cm³/mol. The number of Topliss-reactive ketones (excluding diaryl/α,β-unsaturated/α-hetero) is 1. The third kappa shape index (κ3) is 4.12. The molecule has 2 atom stereocenters. The van der Waals surface area contributed by atoms with E-state index in [2.05, 4.69) is 24.3 Å². The van der Waals surface area contributed by atoms with Gasteiger partial charge in [0.15, 0.2) is 11.6 Å². The van der Waals surface area contributed by atoms with Gasteiger partial charge < -0.3 is 9.64 Å². The fourth-order valence-corrected chi connectivity index (χ4v) is 6.56. The zero-order valence-corrected chi connectivity index (χ0v) is 20.8. The fraction of sp³-hybridized carbons (Fsp3) is 0.355. The van der Waals surface area contributed by atoms with E-state index in [1.807, 2.05) is 29.2 Å². The Kier molecular flexibility index (Phi) is 6.06. The zero-order chi connectivity index (χ0) is 25.7. The van der Waals surface area contributed by atoms with Crippen LogP contribution in [0.2, 0.25) is 0 Å². The maximum Gasteiger partial charge on any atom is 0.410 e. The van der Waals surface area contributed by atoms with Gasteiger partial charge in [0.05, 0.1) is 0 Å². The molecule has 2 bridgehead atoms. The van der Waals surface area contributed by atoms with Crippen molar-refractivity contribution in [1.29, 1.82) is 0 Å². The van der Waals surface area contributed by atoms with Gasteiger partial charge in [0.1, 0.15) is 12.4 Å². The van der Waals surface area contributed by atoms with Crippen molar-refractivity contribution in [2.75, 3.05) is 6.61 Å². The van der Waals surface area contributed by atoms with Crippen molar-refractivity contribution in [2.45, 2.75) is 57.0 Å². The molecule has 190 valence electrons. The van der Waals surface area contributed by atoms with Crippen LogP contribution in [0.5, 0.6) is 0 Å². The number of ketones is 1. The number of aryl methyl sites for hydroxylation is 1. The molecule has 1 aliphatic carbocycles. The highest BCUT2D eigenvalue weighted by atomic mass is 19.2. The average Bonchev–Trinajstić information content (AvgIpc) is 3.38. The van der Waals surface area contributed by atoms with Gasteiger partial charge >= 0.3 is 6.09 Å². The number of hydrogen-bond donors (Lipinski definition) is 0. The summed E-state index contributed by atoms with van der Waals surface area (Å²) in [5, 5.41) is 0. The minimum atomic E-state index is -0.938. The highest BCUT2D eigenvalue weighted by Gasteiger charge is 2.46. The van der Waals surface area contributed by atoms with Crippen molar-refractivity contribution in [2.24, 2.45) is 5.92 Å². The number of carbonyl (C=O) groups excluding carboxylic acids is 2. The molecule has 3 aromatic rings. The minimum absolute atomic E-state index is 0.00193. The first-order chi connectivity index (χ1) is 17.9. The van der Waals surface area contributed by atoms with Gasteiger partial charge in [0.2, 0.25) is 0 Å². The third-order valence-electron chi connectivity index (χ3n) is 8.46. The number of benzene rings is 3. The van der Waals surface area contributed by atoms with Gasteiger partial charge in [-0.3, -0.25) is 4.79 Å². The molecule has 2 fully saturated rings. The summed E-state index contributed by atoms with van der Waals surface area (Å²) in [6.45, 7) is 1.77. The molecule has 0 spiro atoms. The number of amides is 1. The number of halogens is 2. The van der Waals surface area contributed by atoms with Crippen LogP contribution < -0.4 is 0 Å². The van der Waals surface area contributed by atoms with Gasteiger partial charge in [-0.05, 0) is 66.0 Å². The number of rotatable bonds is 5. The minimum Gasteiger partial charge on any atom is -0.448 e. The van der Waals surface area contributed by atoms with E-state index in [0.29, 0.717) is 12.8 Å². The molecule has 6 heteroatoms. The van der Waals surface area contributed by atoms with Gasteiger partial charge in [-0.1, -0.05) is 60.7 Å². The molecule has 0 saturated carbocycles. The first-order valence-corrected chi connectivity index (χ1v) is 13.0. The Morgan fingerprint density at radius 3 is 2.08 bits per heavy atom. The molecule has 3 aliphatic rings. The Morgan fingerprint density at radius 2 is 1.46 bits per heavy atom. The van der Waals surface area contributed by atoms with Crippen LogP contribution in [0.4, 0.5) is 13.6 Å². The summed E-state index contributed by atoms with van der Waals surface area (Å²) < 4.78 is 34.2. The molecule has 2 unspecified atom stereocenters. The van der Waals surface area contributed by atoms with Crippen LogP contribution in [0.1, 0.15) is 53.9 Å². The maximum atomic E-state index is 14.3. The SMILES string of the molecule is Cc1ccc(CC(=O)C2CC3CCC(C2)N3C(=O)OCC2c3ccccc3-c3ccccc32)c(F)c1F. The van der Waals surface area contributed by atoms with E-state index in [1.54, 1.807) is 0 Å². The van der Waals surface area contributed by atoms with Crippen molar-refractivity contribution >= 4 is 11.9 Å². The molecule has 4 nitrogen and oxygen atoms in total. The molecule has 37 heavy (non-hydrogen) atoms. The van der Waals surface area contributed by atoms with Crippen LogP contribution >= 0.6 is 0 Å². The van der Waals surface area contributed by atoms with Crippen molar-refractivity contribution < 1.29 is 23.1 Å². The number of carbonyl (C=O) groups is 2. The molecule has 0 aromatic heterocycles. The fourth-order valence-electron chi connectivity index (χ4n) is 6.56. The van der Waals surface area contributed by atoms with Crippen LogP contribution in [-0.4, -0.2) is 35.5 Å². The smallest absolute Gasteiger partial charge is 0.410 e. The lowest BCUT2D eigenvalue weighted by molar-refractivity contribution is -0.124. The van der Waals surface area contributed by atoms with E-state index in [4.69, 9.17) is 4.74 Å². The third-order valence-corrected chi connectivity index (χ3v) is 8.46. The van der Waals surface area contributed by atoms with Crippen molar-refractivity contribution in [1.82, 2.24) is 4.90 Å². The number of hydrogen-bond acceptors (Lipinski definition) is 3. The average molecular weight is 502 g/mol. The van der Waals surface area contributed by atoms with Crippen LogP contribution in [0.15, 0.2) is 60.7 Å². The summed E-state index contributed by atoms with van der Waals surface area (Å²) in [5.41, 5.74) is 5.03. The molecule has 1 amide bonds. The van der Waals surface area contributed by atoms with Crippen molar-refractivity contribution in [3.63, 3.8) is 0 Å². The topological polar surface area (TPSA) is 46.6 Å². The van der Waals surface area contributed by atoms with Gasteiger partial charge in [-0.2, -0.15) is 0 Å². The Labute approximate surface area is 215 Å². The Hall–Kier alpha value is -3.54. The van der Waals surface area contributed by atoms with E-state index < -0.39 is 11.6 Å². The monoisotopic (exact) mass is 501 g/mol. The Bertz CT molecular complexity index is 1330. The van der Waals surface area contributed by atoms with E-state index in [1.165, 1.54) is 41.3 Å². The molecule has 6 rings (SSSR count). The Morgan fingerprint density at radius 1 is 0.865 bits per heavy atom. The summed E-state index contributed by atoms with van der Waals surface area (Å²) in [6.07, 6.45) is 2.27. The second-order valence-electron chi connectivity index (χ2n) is 10.6. The summed E-state index contributed by atoms with van der Waals surface area (Å²) >= 11 is 0. The van der Waals surface area contributed by atoms with E-state index in [9.17, 15) is 18.4 Å². The van der Waals surface area contributed by atoms with Crippen molar-refractivity contribution in [3.8, 4) is 11.1 Å². The normalized spacial score (nSPS) is 22.0. The Balaban J connectivity index is 1.11. The molecule has 2 heterocycles. The van der Waals surface area contributed by atoms with E-state index in [0.717, 1.165) is 12.8 Å². The summed E-state index contributed by atoms with van der Waals surface area (Å²) in [7, 11) is 0. The van der Waals surface area contributed by atoms with Crippen LogP contribution in [0, 0.1) is 24.5 Å². The number of nitrogens with zero attached hydrogens (tertiary/aromatic N) is 1. The van der Waals surface area contributed by atoms with Gasteiger partial charge in [-0.15, -0.1) is 0 Å². The second kappa shape index (κ2) is 9.40. The summed E-state index contributed by atoms with van der Waals surface area (Å²) in [5.74, 6) is -2.19. The van der Waals surface area contributed by atoms with Crippen molar-refractivity contribution in [3.05, 3.63) is 94.6 Å². The number of ether oxygens (including phenoxy) is 1. The highest BCUT2D eigenvalue weighted by molar-refractivity contribution is 5.84. The lowest BCUT2D eigenvalue weighted by Gasteiger charge is -2.37. The molecule has 3 aromatic carbocycles. The van der Waals surface area contributed by atoms with Crippen LogP contribution in [0.3, 0.4) is 0 Å². The number of fused-ring (bicyclic) bond motifs is 5. The lowest BCUT2D eigenvalue weighted by Crippen LogP contribution is -2.48. The molecular formula is C31H29F2NO3. The zero-order valence-electron chi connectivity index (χ0n) is 20.8. The standard InChI is InChI=1S/C31H29F2NO3/c1-18-10-11-19(30(33)29(18)32)16-28(35)20-14-21-12-13-22(15-20)34(21)31(36)37-17-27-25-8-4-2-6-23(25)24-7-3-5-9-26(24)27/h2-11,20-22,27H,12-17H2,1H3. The summed E-state index contributed by atoms with van der Waals surface area (Å²) in [4.78, 5) is 28.1. The van der Waals surface area contributed by atoms with E-state index in [-0.39, 0.29) is 60.0 Å². The molecule has 0 N–H and O–H groups in total. The molecule has 0 radical (unpaired) electrons. The highest BCUT2D eigenvalue weighted by Crippen LogP contribution is 2.45. The maximum absolute atomic E-state index is 14.3. The first kappa shape index (κ1) is 23.8. The molecular weight excluding hydrogens is 472 g/mol. The van der Waals surface area contributed by atoms with Gasteiger partial charge in [-0.25, -0.2) is 13.6 Å². The van der Waals surface area contributed by atoms with Crippen LogP contribution in [0.25, 0.3) is 11.1 Å². The van der Waals surface area contributed by atoms with Gasteiger partial charge in [0, 0.05) is 30.3 Å². The second-order valence-corrected chi connectivity index (χ2v) is 10.6. The van der Waals surface area contributed by atoms with Crippen LogP contribution in [-0.2, 0) is 16.0 Å². The van der Waals surface area contributed by atoms with E-state index >= 15 is 0 Å². The first-order valence-electron chi connectivity index (χ1n) is 13.0. The largest absolute Gasteiger partial charge is 0.448 e. The predicted octanol–water partition coefficient (Wildman–Crippen LogP) is 6.58. The number of piperidine rings is 1.